The second kappa shape index (κ2) is 10.4. The summed E-state index contributed by atoms with van der Waals surface area (Å²) in [6.45, 7) is 6.46. The maximum absolute atomic E-state index is 13.0. The number of amides is 2. The Balaban J connectivity index is 2.45. The van der Waals surface area contributed by atoms with Gasteiger partial charge in [0.25, 0.3) is 11.8 Å². The molecule has 1 aromatic carbocycles. The van der Waals surface area contributed by atoms with Crippen LogP contribution in [0.15, 0.2) is 23.5 Å². The lowest BCUT2D eigenvalue weighted by atomic mass is 10.0. The number of anilines is 1. The Morgan fingerprint density at radius 2 is 1.89 bits per heavy atom. The minimum atomic E-state index is -0.430. The Morgan fingerprint density at radius 1 is 1.14 bits per heavy atom. The first-order valence-corrected chi connectivity index (χ1v) is 10.9. The van der Waals surface area contributed by atoms with Gasteiger partial charge < -0.3 is 10.6 Å². The summed E-state index contributed by atoms with van der Waals surface area (Å²) in [7, 11) is 0. The van der Waals surface area contributed by atoms with Crippen LogP contribution >= 0.6 is 23.4 Å². The van der Waals surface area contributed by atoms with Crippen LogP contribution in [0.25, 0.3) is 0 Å². The maximum atomic E-state index is 13.0. The summed E-state index contributed by atoms with van der Waals surface area (Å²) in [4.78, 5) is 34.0. The number of nitrogens with zero attached hydrogens (tertiary/aromatic N) is 2. The third kappa shape index (κ3) is 5.02. The Kier molecular flexibility index (Phi) is 8.26. The molecule has 8 heteroatoms. The molecule has 2 rings (SSSR count). The van der Waals surface area contributed by atoms with E-state index in [1.807, 2.05) is 39.2 Å². The van der Waals surface area contributed by atoms with E-state index in [2.05, 4.69) is 20.6 Å². The predicted octanol–water partition coefficient (Wildman–Crippen LogP) is 4.37. The van der Waals surface area contributed by atoms with Crippen LogP contribution < -0.4 is 10.6 Å². The summed E-state index contributed by atoms with van der Waals surface area (Å²) in [5.41, 5.74) is 2.75. The molecule has 0 unspecified atom stereocenters. The molecule has 2 aromatic rings. The van der Waals surface area contributed by atoms with Crippen molar-refractivity contribution in [1.82, 2.24) is 15.3 Å². The average Bonchev–Trinajstić information content (AvgIpc) is 2.71. The molecular weight excluding hydrogens is 396 g/mol. The van der Waals surface area contributed by atoms with Crippen LogP contribution in [0.5, 0.6) is 0 Å². The molecule has 0 atom stereocenters. The largest absolute Gasteiger partial charge is 0.351 e. The van der Waals surface area contributed by atoms with Gasteiger partial charge in [-0.15, -0.1) is 0 Å². The predicted molar refractivity (Wildman–Crippen MR) is 115 cm³/mol. The van der Waals surface area contributed by atoms with Gasteiger partial charge in [-0.05, 0) is 42.7 Å². The molecule has 0 spiro atoms. The first-order valence-electron chi connectivity index (χ1n) is 9.27. The topological polar surface area (TPSA) is 84.0 Å². The molecular formula is C20H25ClN4O2S. The molecule has 0 saturated carbocycles. The number of hydrogen-bond donors (Lipinski definition) is 2. The Hall–Kier alpha value is -2.12. The fourth-order valence-corrected chi connectivity index (χ4v) is 3.41. The van der Waals surface area contributed by atoms with E-state index in [4.69, 9.17) is 11.6 Å². The van der Waals surface area contributed by atoms with Gasteiger partial charge in [-0.2, -0.15) is 0 Å². The van der Waals surface area contributed by atoms with Gasteiger partial charge in [0, 0.05) is 23.5 Å². The number of nitrogens with one attached hydrogen (secondary N) is 2. The van der Waals surface area contributed by atoms with Crippen LogP contribution in [0.2, 0.25) is 5.02 Å². The quantitative estimate of drug-likeness (QED) is 0.489. The molecule has 6 nitrogen and oxygen atoms in total. The number of aromatic nitrogens is 2. The molecule has 0 aliphatic rings. The highest BCUT2D eigenvalue weighted by Gasteiger charge is 2.22. The molecule has 150 valence electrons. The summed E-state index contributed by atoms with van der Waals surface area (Å²) in [6, 6.07) is 3.74. The molecule has 1 aromatic heterocycles. The standard InChI is InChI=1S/C20H25ClN4O2S/c1-5-10-22-19(27)17-14(11-23-20(25-17)28-4)18(26)24-16-12(6-2)8-9-15(21)13(16)7-3/h8-9,11H,5-7,10H2,1-4H3,(H,22,27)(H,24,26). The van der Waals surface area contributed by atoms with Gasteiger partial charge in [0.2, 0.25) is 0 Å². The van der Waals surface area contributed by atoms with Crippen LogP contribution in [0.4, 0.5) is 5.69 Å². The van der Waals surface area contributed by atoms with Gasteiger partial charge in [0.1, 0.15) is 5.69 Å². The van der Waals surface area contributed by atoms with Crippen LogP contribution in [0.1, 0.15) is 59.2 Å². The zero-order chi connectivity index (χ0) is 20.7. The SMILES string of the molecule is CCCNC(=O)c1nc(SC)ncc1C(=O)Nc1c(CC)ccc(Cl)c1CC. The zero-order valence-corrected chi connectivity index (χ0v) is 18.1. The summed E-state index contributed by atoms with van der Waals surface area (Å²) >= 11 is 7.63. The number of halogens is 1. The van der Waals surface area contributed by atoms with Crippen molar-refractivity contribution in [2.45, 2.75) is 45.2 Å². The van der Waals surface area contributed by atoms with Crippen molar-refractivity contribution in [3.8, 4) is 0 Å². The van der Waals surface area contributed by atoms with E-state index in [0.29, 0.717) is 28.8 Å². The van der Waals surface area contributed by atoms with Crippen LogP contribution in [-0.2, 0) is 12.8 Å². The van der Waals surface area contributed by atoms with Gasteiger partial charge in [0.05, 0.1) is 5.56 Å². The van der Waals surface area contributed by atoms with E-state index in [1.54, 1.807) is 0 Å². The molecule has 0 fully saturated rings. The third-order valence-corrected chi connectivity index (χ3v) is 5.18. The highest BCUT2D eigenvalue weighted by molar-refractivity contribution is 7.98. The van der Waals surface area contributed by atoms with Crippen molar-refractivity contribution in [3.63, 3.8) is 0 Å². The molecule has 0 bridgehead atoms. The van der Waals surface area contributed by atoms with E-state index in [-0.39, 0.29) is 17.2 Å². The van der Waals surface area contributed by atoms with Gasteiger partial charge in [-0.3, -0.25) is 9.59 Å². The smallest absolute Gasteiger partial charge is 0.270 e. The lowest BCUT2D eigenvalue weighted by Crippen LogP contribution is -2.29. The minimum absolute atomic E-state index is 0.0726. The number of hydrogen-bond acceptors (Lipinski definition) is 5. The zero-order valence-electron chi connectivity index (χ0n) is 16.6. The van der Waals surface area contributed by atoms with Gasteiger partial charge in [0.15, 0.2) is 5.16 Å². The molecule has 2 amide bonds. The third-order valence-electron chi connectivity index (χ3n) is 4.26. The van der Waals surface area contributed by atoms with Crippen LogP contribution in [0, 0.1) is 0 Å². The van der Waals surface area contributed by atoms with Gasteiger partial charge in [-0.1, -0.05) is 50.2 Å². The number of carbonyl (C=O) groups is 2. The second-order valence-electron chi connectivity index (χ2n) is 6.10. The average molecular weight is 421 g/mol. The first-order chi connectivity index (χ1) is 13.5. The number of rotatable bonds is 8. The molecule has 0 radical (unpaired) electrons. The Morgan fingerprint density at radius 3 is 2.50 bits per heavy atom. The highest BCUT2D eigenvalue weighted by atomic mass is 35.5. The van der Waals surface area contributed by atoms with Crippen molar-refractivity contribution in [2.75, 3.05) is 18.1 Å². The van der Waals surface area contributed by atoms with E-state index in [9.17, 15) is 9.59 Å². The van der Waals surface area contributed by atoms with E-state index in [1.165, 1.54) is 18.0 Å². The van der Waals surface area contributed by atoms with E-state index in [0.717, 1.165) is 24.0 Å². The summed E-state index contributed by atoms with van der Waals surface area (Å²) in [5.74, 6) is -0.816. The maximum Gasteiger partial charge on any atom is 0.270 e. The summed E-state index contributed by atoms with van der Waals surface area (Å²) in [5, 5.41) is 6.75. The summed E-state index contributed by atoms with van der Waals surface area (Å²) < 4.78 is 0. The Bertz CT molecular complexity index is 874. The van der Waals surface area contributed by atoms with Crippen molar-refractivity contribution in [2.24, 2.45) is 0 Å². The van der Waals surface area contributed by atoms with Crippen molar-refractivity contribution < 1.29 is 9.59 Å². The second-order valence-corrected chi connectivity index (χ2v) is 7.28. The van der Waals surface area contributed by atoms with Crippen LogP contribution in [0.3, 0.4) is 0 Å². The minimum Gasteiger partial charge on any atom is -0.351 e. The van der Waals surface area contributed by atoms with Crippen LogP contribution in [-0.4, -0.2) is 34.6 Å². The van der Waals surface area contributed by atoms with Gasteiger partial charge >= 0.3 is 0 Å². The van der Waals surface area contributed by atoms with E-state index >= 15 is 0 Å². The molecule has 0 aliphatic carbocycles. The molecule has 28 heavy (non-hydrogen) atoms. The lowest BCUT2D eigenvalue weighted by molar-refractivity contribution is 0.0934. The summed E-state index contributed by atoms with van der Waals surface area (Å²) in [6.07, 6.45) is 5.42. The monoisotopic (exact) mass is 420 g/mol. The van der Waals surface area contributed by atoms with Crippen molar-refractivity contribution in [1.29, 1.82) is 0 Å². The van der Waals surface area contributed by atoms with Crippen molar-refractivity contribution in [3.05, 3.63) is 45.7 Å². The number of carbonyl (C=O) groups excluding carboxylic acids is 2. The number of benzene rings is 1. The fraction of sp³-hybridized carbons (Fsp3) is 0.400. The normalized spacial score (nSPS) is 10.6. The first kappa shape index (κ1) is 22.2. The Labute approximate surface area is 174 Å². The number of thioether (sulfide) groups is 1. The number of aryl methyl sites for hydroxylation is 1. The molecule has 0 saturated heterocycles. The molecule has 1 heterocycles. The highest BCUT2D eigenvalue weighted by Crippen LogP contribution is 2.30. The fourth-order valence-electron chi connectivity index (χ4n) is 2.77. The molecule has 0 aliphatic heterocycles. The van der Waals surface area contributed by atoms with Gasteiger partial charge in [-0.25, -0.2) is 9.97 Å². The van der Waals surface area contributed by atoms with Crippen molar-refractivity contribution >= 4 is 40.9 Å². The lowest BCUT2D eigenvalue weighted by Gasteiger charge is -2.17. The molecule has 2 N–H and O–H groups in total. The van der Waals surface area contributed by atoms with E-state index < -0.39 is 5.91 Å².